The van der Waals surface area contributed by atoms with Gasteiger partial charge in [0.2, 0.25) is 3.79 Å². The number of epoxide rings is 1. The number of rotatable bonds is 2. The lowest BCUT2D eigenvalue weighted by Crippen LogP contribution is -2.33. The fourth-order valence-corrected chi connectivity index (χ4v) is 2.28. The van der Waals surface area contributed by atoms with E-state index < -0.39 is 14.1 Å². The summed E-state index contributed by atoms with van der Waals surface area (Å²) in [5.41, 5.74) is 0. The van der Waals surface area contributed by atoms with Gasteiger partial charge in [0.15, 0.2) is 0 Å². The summed E-state index contributed by atoms with van der Waals surface area (Å²) in [5, 5.41) is -3.36. The lowest BCUT2D eigenvalue weighted by atomic mass is 10.3. The maximum atomic E-state index is 5.94. The van der Waals surface area contributed by atoms with Crippen molar-refractivity contribution < 1.29 is 9.47 Å². The van der Waals surface area contributed by atoms with Crippen molar-refractivity contribution in [1.82, 2.24) is 0 Å². The Morgan fingerprint density at radius 2 is 1.62 bits per heavy atom. The molecule has 2 unspecified atom stereocenters. The largest absolute Gasteiger partial charge is 0.445 e. The first-order chi connectivity index (χ1) is 7.29. The van der Waals surface area contributed by atoms with Gasteiger partial charge in [0, 0.05) is 0 Å². The van der Waals surface area contributed by atoms with Crippen LogP contribution in [0.3, 0.4) is 0 Å². The number of halogens is 5. The van der Waals surface area contributed by atoms with Crippen LogP contribution in [0.2, 0.25) is 0 Å². The summed E-state index contributed by atoms with van der Waals surface area (Å²) in [6, 6.07) is 8.72. The minimum absolute atomic E-state index is 0.467. The Labute approximate surface area is 117 Å². The third-order valence-corrected chi connectivity index (χ3v) is 4.19. The molecule has 2 rings (SSSR count). The molecule has 0 radical (unpaired) electrons. The van der Waals surface area contributed by atoms with Gasteiger partial charge in [-0.3, -0.25) is 4.74 Å². The van der Waals surface area contributed by atoms with Crippen LogP contribution in [0.1, 0.15) is 0 Å². The summed E-state index contributed by atoms with van der Waals surface area (Å²) in [5.74, 6) is 0.467. The standard InChI is InChI=1S/C9H5Cl5O2/c10-7(8(11,12)13)9(14,16-7)15-6-4-2-1-3-5-6/h1-5H. The van der Waals surface area contributed by atoms with E-state index in [9.17, 15) is 0 Å². The van der Waals surface area contributed by atoms with E-state index in [4.69, 9.17) is 67.5 Å². The van der Waals surface area contributed by atoms with Crippen molar-refractivity contribution in [3.05, 3.63) is 30.3 Å². The predicted molar refractivity (Wildman–Crippen MR) is 65.6 cm³/mol. The van der Waals surface area contributed by atoms with Crippen LogP contribution in [0.15, 0.2) is 30.3 Å². The van der Waals surface area contributed by atoms with E-state index in [2.05, 4.69) is 0 Å². The Balaban J connectivity index is 2.14. The van der Waals surface area contributed by atoms with Gasteiger partial charge in [-0.1, -0.05) is 64.6 Å². The van der Waals surface area contributed by atoms with Crippen LogP contribution in [0.5, 0.6) is 5.75 Å². The summed E-state index contributed by atoms with van der Waals surface area (Å²) in [7, 11) is 0. The first-order valence-electron chi connectivity index (χ1n) is 4.17. The van der Waals surface area contributed by atoms with E-state index in [1.165, 1.54) is 0 Å². The molecule has 1 saturated heterocycles. The summed E-state index contributed by atoms with van der Waals surface area (Å²) >= 11 is 28.7. The maximum Gasteiger partial charge on any atom is 0.342 e. The Kier molecular flexibility index (Phi) is 3.20. The molecule has 1 heterocycles. The fraction of sp³-hybridized carbons (Fsp3) is 0.333. The van der Waals surface area contributed by atoms with Gasteiger partial charge >= 0.3 is 5.25 Å². The van der Waals surface area contributed by atoms with Crippen LogP contribution < -0.4 is 4.74 Å². The van der Waals surface area contributed by atoms with Gasteiger partial charge in [-0.05, 0) is 23.7 Å². The molecule has 0 N–H and O–H groups in total. The van der Waals surface area contributed by atoms with Crippen LogP contribution in [0.4, 0.5) is 0 Å². The van der Waals surface area contributed by atoms with Crippen molar-refractivity contribution >= 4 is 58.0 Å². The monoisotopic (exact) mass is 320 g/mol. The Morgan fingerprint density at radius 3 is 2.06 bits per heavy atom. The molecule has 88 valence electrons. The minimum Gasteiger partial charge on any atom is -0.445 e. The SMILES string of the molecule is ClC(Cl)(Cl)C1(Cl)OC1(Cl)Oc1ccccc1. The molecule has 0 amide bonds. The highest BCUT2D eigenvalue weighted by atomic mass is 35.6. The molecule has 7 heteroatoms. The number of hydrogen-bond donors (Lipinski definition) is 0. The zero-order chi connectivity index (χ0) is 12.0. The quantitative estimate of drug-likeness (QED) is 0.598. The molecule has 0 bridgehead atoms. The molecule has 1 aromatic carbocycles. The van der Waals surface area contributed by atoms with E-state index in [1.54, 1.807) is 24.3 Å². The zero-order valence-corrected chi connectivity index (χ0v) is 11.4. The van der Waals surface area contributed by atoms with E-state index in [-0.39, 0.29) is 0 Å². The number of ether oxygens (including phenoxy) is 2. The van der Waals surface area contributed by atoms with E-state index in [0.29, 0.717) is 5.75 Å². The fourth-order valence-electron chi connectivity index (χ4n) is 1.11. The zero-order valence-electron chi connectivity index (χ0n) is 7.59. The summed E-state index contributed by atoms with van der Waals surface area (Å²) in [6.07, 6.45) is 0. The number of alkyl halides is 5. The molecule has 16 heavy (non-hydrogen) atoms. The molecule has 1 aromatic rings. The maximum absolute atomic E-state index is 5.94. The Bertz CT molecular complexity index is 393. The van der Waals surface area contributed by atoms with Crippen LogP contribution in [-0.2, 0) is 4.74 Å². The molecule has 0 saturated carbocycles. The Hall–Kier alpha value is 0.430. The van der Waals surface area contributed by atoms with Gasteiger partial charge in [0.25, 0.3) is 5.06 Å². The van der Waals surface area contributed by atoms with Gasteiger partial charge in [0.1, 0.15) is 5.75 Å². The molecule has 0 spiro atoms. The molecular weight excluding hydrogens is 317 g/mol. The highest BCUT2D eigenvalue weighted by Crippen LogP contribution is 2.65. The van der Waals surface area contributed by atoms with Gasteiger partial charge in [-0.2, -0.15) is 0 Å². The average Bonchev–Trinajstić information content (AvgIpc) is 2.71. The molecule has 1 fully saturated rings. The highest BCUT2D eigenvalue weighted by Gasteiger charge is 2.82. The first kappa shape index (κ1) is 12.9. The summed E-state index contributed by atoms with van der Waals surface area (Å²) < 4.78 is 8.40. The summed E-state index contributed by atoms with van der Waals surface area (Å²) in [4.78, 5) is 0. The normalized spacial score (nSPS) is 33.6. The summed E-state index contributed by atoms with van der Waals surface area (Å²) in [6.45, 7) is 0. The van der Waals surface area contributed by atoms with Crippen molar-refractivity contribution in [1.29, 1.82) is 0 Å². The second-order valence-corrected chi connectivity index (χ2v) is 6.46. The number of hydrogen-bond acceptors (Lipinski definition) is 2. The second-order valence-electron chi connectivity index (χ2n) is 3.15. The van der Waals surface area contributed by atoms with Gasteiger partial charge in [0.05, 0.1) is 0 Å². The lowest BCUT2D eigenvalue weighted by Gasteiger charge is -2.16. The van der Waals surface area contributed by atoms with Gasteiger partial charge < -0.3 is 4.74 Å². The average molecular weight is 322 g/mol. The van der Waals surface area contributed by atoms with Gasteiger partial charge in [-0.25, -0.2) is 0 Å². The third kappa shape index (κ3) is 2.07. The van der Waals surface area contributed by atoms with Crippen molar-refractivity contribution in [3.8, 4) is 5.75 Å². The molecule has 0 aliphatic carbocycles. The first-order valence-corrected chi connectivity index (χ1v) is 6.06. The van der Waals surface area contributed by atoms with Crippen LogP contribution in [0.25, 0.3) is 0 Å². The number of para-hydroxylation sites is 1. The van der Waals surface area contributed by atoms with Crippen LogP contribution in [0, 0.1) is 0 Å². The van der Waals surface area contributed by atoms with Crippen LogP contribution in [-0.4, -0.2) is 14.1 Å². The van der Waals surface area contributed by atoms with Crippen molar-refractivity contribution in [3.63, 3.8) is 0 Å². The van der Waals surface area contributed by atoms with Gasteiger partial charge in [-0.15, -0.1) is 0 Å². The van der Waals surface area contributed by atoms with E-state index in [0.717, 1.165) is 0 Å². The Morgan fingerprint density at radius 1 is 1.06 bits per heavy atom. The number of benzene rings is 1. The molecule has 0 aromatic heterocycles. The van der Waals surface area contributed by atoms with Crippen molar-refractivity contribution in [2.45, 2.75) is 14.1 Å². The lowest BCUT2D eigenvalue weighted by molar-refractivity contribution is 0.140. The van der Waals surface area contributed by atoms with E-state index >= 15 is 0 Å². The van der Waals surface area contributed by atoms with Crippen LogP contribution >= 0.6 is 58.0 Å². The molecular formula is C9H5Cl5O2. The topological polar surface area (TPSA) is 21.8 Å². The highest BCUT2D eigenvalue weighted by molar-refractivity contribution is 6.72. The third-order valence-electron chi connectivity index (χ3n) is 1.97. The van der Waals surface area contributed by atoms with Crippen molar-refractivity contribution in [2.24, 2.45) is 0 Å². The molecule has 1 aliphatic heterocycles. The molecule has 1 aliphatic rings. The predicted octanol–water partition coefficient (Wildman–Crippen LogP) is 4.29. The second kappa shape index (κ2) is 3.98. The van der Waals surface area contributed by atoms with E-state index in [1.807, 2.05) is 6.07 Å². The minimum atomic E-state index is -1.88. The molecule has 2 atom stereocenters. The smallest absolute Gasteiger partial charge is 0.342 e. The van der Waals surface area contributed by atoms with Crippen molar-refractivity contribution in [2.75, 3.05) is 0 Å². The molecule has 2 nitrogen and oxygen atoms in total.